The smallest absolute Gasteiger partial charge is 0.321 e. The number of carboxylic acid groups (broad SMARTS) is 1. The van der Waals surface area contributed by atoms with E-state index in [0.717, 1.165) is 11.3 Å². The molecular formula is C21H25N3O4. The fraction of sp³-hybridized carbons (Fsp3) is 0.286. The van der Waals surface area contributed by atoms with Gasteiger partial charge in [-0.15, -0.1) is 0 Å². The Morgan fingerprint density at radius 3 is 2.18 bits per heavy atom. The van der Waals surface area contributed by atoms with Gasteiger partial charge in [0, 0.05) is 32.0 Å². The van der Waals surface area contributed by atoms with Crippen LogP contribution in [0, 0.1) is 5.92 Å². The van der Waals surface area contributed by atoms with Crippen LogP contribution in [-0.4, -0.2) is 48.6 Å². The summed E-state index contributed by atoms with van der Waals surface area (Å²) >= 11 is 0. The van der Waals surface area contributed by atoms with Gasteiger partial charge in [-0.25, -0.2) is 4.79 Å². The van der Waals surface area contributed by atoms with Gasteiger partial charge in [0.1, 0.15) is 0 Å². The van der Waals surface area contributed by atoms with Crippen molar-refractivity contribution in [1.82, 2.24) is 4.90 Å². The Bertz CT molecular complexity index is 821. The lowest BCUT2D eigenvalue weighted by molar-refractivity contribution is -0.141. The standard InChI is InChI=1S/C21H25N3O4/c1-15(20(26)27)14-23(2)21(28)22-17-11-9-16(10-12-17)13-19(25)24(3)18-7-5-4-6-8-18/h4-12,15H,13-14H2,1-3H3,(H,22,28)(H,26,27). The Morgan fingerprint density at radius 2 is 1.61 bits per heavy atom. The number of benzene rings is 2. The molecule has 7 nitrogen and oxygen atoms in total. The van der Waals surface area contributed by atoms with E-state index in [9.17, 15) is 14.4 Å². The number of likely N-dealkylation sites (N-methyl/N-ethyl adjacent to an activating group) is 1. The molecule has 0 aliphatic heterocycles. The van der Waals surface area contributed by atoms with Crippen LogP contribution in [0.4, 0.5) is 16.2 Å². The summed E-state index contributed by atoms with van der Waals surface area (Å²) < 4.78 is 0. The Balaban J connectivity index is 1.91. The maximum Gasteiger partial charge on any atom is 0.321 e. The molecule has 0 fully saturated rings. The molecule has 0 saturated carbocycles. The minimum Gasteiger partial charge on any atom is -0.481 e. The first-order chi connectivity index (χ1) is 13.3. The summed E-state index contributed by atoms with van der Waals surface area (Å²) in [5.41, 5.74) is 2.24. The van der Waals surface area contributed by atoms with Crippen molar-refractivity contribution in [3.8, 4) is 0 Å². The normalized spacial score (nSPS) is 11.4. The van der Waals surface area contributed by atoms with E-state index in [4.69, 9.17) is 5.11 Å². The van der Waals surface area contributed by atoms with Crippen LogP contribution in [0.1, 0.15) is 12.5 Å². The number of nitrogens with one attached hydrogen (secondary N) is 1. The van der Waals surface area contributed by atoms with Gasteiger partial charge in [-0.2, -0.15) is 0 Å². The number of anilines is 2. The molecule has 0 radical (unpaired) electrons. The van der Waals surface area contributed by atoms with Crippen LogP contribution >= 0.6 is 0 Å². The average Bonchev–Trinajstić information content (AvgIpc) is 2.69. The van der Waals surface area contributed by atoms with Gasteiger partial charge in [0.15, 0.2) is 0 Å². The van der Waals surface area contributed by atoms with E-state index in [0.29, 0.717) is 5.69 Å². The van der Waals surface area contributed by atoms with Crippen molar-refractivity contribution in [2.24, 2.45) is 5.92 Å². The molecule has 0 saturated heterocycles. The van der Waals surface area contributed by atoms with Crippen molar-refractivity contribution in [1.29, 1.82) is 0 Å². The maximum absolute atomic E-state index is 12.4. The number of hydrogen-bond acceptors (Lipinski definition) is 3. The van der Waals surface area contributed by atoms with Gasteiger partial charge >= 0.3 is 12.0 Å². The first-order valence-corrected chi connectivity index (χ1v) is 8.93. The molecule has 28 heavy (non-hydrogen) atoms. The highest BCUT2D eigenvalue weighted by Gasteiger charge is 2.17. The summed E-state index contributed by atoms with van der Waals surface area (Å²) in [6.07, 6.45) is 0.246. The lowest BCUT2D eigenvalue weighted by Crippen LogP contribution is -2.36. The molecule has 0 aromatic heterocycles. The molecule has 2 rings (SSSR count). The molecular weight excluding hydrogens is 358 g/mol. The molecule has 0 bridgehead atoms. The summed E-state index contributed by atoms with van der Waals surface area (Å²) in [4.78, 5) is 38.4. The number of hydrogen-bond donors (Lipinski definition) is 2. The molecule has 0 heterocycles. The van der Waals surface area contributed by atoms with Crippen LogP contribution < -0.4 is 10.2 Å². The highest BCUT2D eigenvalue weighted by molar-refractivity contribution is 5.94. The molecule has 0 spiro atoms. The third kappa shape index (κ3) is 5.84. The molecule has 1 atom stereocenters. The van der Waals surface area contributed by atoms with E-state index in [1.807, 2.05) is 30.3 Å². The number of urea groups is 1. The predicted molar refractivity (Wildman–Crippen MR) is 108 cm³/mol. The summed E-state index contributed by atoms with van der Waals surface area (Å²) in [6, 6.07) is 16.0. The van der Waals surface area contributed by atoms with Gasteiger partial charge in [0.25, 0.3) is 0 Å². The van der Waals surface area contributed by atoms with E-state index >= 15 is 0 Å². The molecule has 1 unspecified atom stereocenters. The van der Waals surface area contributed by atoms with E-state index < -0.39 is 11.9 Å². The second-order valence-corrected chi connectivity index (χ2v) is 6.71. The van der Waals surface area contributed by atoms with E-state index in [2.05, 4.69) is 5.32 Å². The van der Waals surface area contributed by atoms with Crippen LogP contribution in [0.2, 0.25) is 0 Å². The number of nitrogens with zero attached hydrogens (tertiary/aromatic N) is 2. The number of carboxylic acids is 1. The second kappa shape index (κ2) is 9.55. The van der Waals surface area contributed by atoms with Crippen molar-refractivity contribution >= 4 is 29.3 Å². The summed E-state index contributed by atoms with van der Waals surface area (Å²) in [7, 11) is 3.28. The van der Waals surface area contributed by atoms with Gasteiger partial charge in [0.2, 0.25) is 5.91 Å². The van der Waals surface area contributed by atoms with Gasteiger partial charge in [-0.3, -0.25) is 9.59 Å². The van der Waals surface area contributed by atoms with Crippen molar-refractivity contribution in [2.75, 3.05) is 30.9 Å². The number of para-hydroxylation sites is 1. The molecule has 0 aliphatic carbocycles. The Labute approximate surface area is 164 Å². The highest BCUT2D eigenvalue weighted by atomic mass is 16.4. The zero-order chi connectivity index (χ0) is 20.7. The van der Waals surface area contributed by atoms with Crippen LogP contribution in [-0.2, 0) is 16.0 Å². The van der Waals surface area contributed by atoms with Gasteiger partial charge < -0.3 is 20.2 Å². The van der Waals surface area contributed by atoms with Crippen LogP contribution in [0.3, 0.4) is 0 Å². The molecule has 2 N–H and O–H groups in total. The largest absolute Gasteiger partial charge is 0.481 e. The SMILES string of the molecule is CC(CN(C)C(=O)Nc1ccc(CC(=O)N(C)c2ccccc2)cc1)C(=O)O. The Morgan fingerprint density at radius 1 is 1.00 bits per heavy atom. The van der Waals surface area contributed by atoms with Crippen molar-refractivity contribution < 1.29 is 19.5 Å². The molecule has 148 valence electrons. The van der Waals surface area contributed by atoms with Gasteiger partial charge in [0.05, 0.1) is 12.3 Å². The molecule has 2 aromatic rings. The lowest BCUT2D eigenvalue weighted by atomic mass is 10.1. The summed E-state index contributed by atoms with van der Waals surface area (Å²) in [5, 5.41) is 11.6. The Kier molecular flexibility index (Phi) is 7.14. The van der Waals surface area contributed by atoms with E-state index in [-0.39, 0.29) is 24.9 Å². The Hall–Kier alpha value is -3.35. The van der Waals surface area contributed by atoms with Gasteiger partial charge in [-0.05, 0) is 29.8 Å². The number of carbonyl (C=O) groups excluding carboxylic acids is 2. The first-order valence-electron chi connectivity index (χ1n) is 8.93. The second-order valence-electron chi connectivity index (χ2n) is 6.71. The topological polar surface area (TPSA) is 90.0 Å². The first kappa shape index (κ1) is 21.0. The maximum atomic E-state index is 12.4. The van der Waals surface area contributed by atoms with E-state index in [1.54, 1.807) is 50.2 Å². The zero-order valence-corrected chi connectivity index (χ0v) is 16.3. The number of amides is 3. The van der Waals surface area contributed by atoms with E-state index in [1.165, 1.54) is 4.90 Å². The highest BCUT2D eigenvalue weighted by Crippen LogP contribution is 2.15. The minimum atomic E-state index is -0.950. The fourth-order valence-electron chi connectivity index (χ4n) is 2.59. The van der Waals surface area contributed by atoms with Crippen LogP contribution in [0.5, 0.6) is 0 Å². The van der Waals surface area contributed by atoms with Crippen LogP contribution in [0.15, 0.2) is 54.6 Å². The number of rotatable bonds is 7. The number of aliphatic carboxylic acids is 1. The monoisotopic (exact) mass is 383 g/mol. The van der Waals surface area contributed by atoms with Crippen molar-refractivity contribution in [3.63, 3.8) is 0 Å². The third-order valence-corrected chi connectivity index (χ3v) is 4.39. The van der Waals surface area contributed by atoms with Crippen LogP contribution in [0.25, 0.3) is 0 Å². The van der Waals surface area contributed by atoms with Crippen molar-refractivity contribution in [3.05, 3.63) is 60.2 Å². The minimum absolute atomic E-state index is 0.0367. The molecule has 0 aliphatic rings. The average molecular weight is 383 g/mol. The molecule has 3 amide bonds. The molecule has 2 aromatic carbocycles. The van der Waals surface area contributed by atoms with Crippen molar-refractivity contribution in [2.45, 2.75) is 13.3 Å². The van der Waals surface area contributed by atoms with Gasteiger partial charge in [-0.1, -0.05) is 37.3 Å². The number of carbonyl (C=O) groups is 3. The molecule has 7 heteroatoms. The summed E-state index contributed by atoms with van der Waals surface area (Å²) in [5.74, 6) is -1.63. The lowest BCUT2D eigenvalue weighted by Gasteiger charge is -2.20. The zero-order valence-electron chi connectivity index (χ0n) is 16.3. The predicted octanol–water partition coefficient (Wildman–Crippen LogP) is 3.08. The summed E-state index contributed by atoms with van der Waals surface area (Å²) in [6.45, 7) is 1.66. The third-order valence-electron chi connectivity index (χ3n) is 4.39. The quantitative estimate of drug-likeness (QED) is 0.769. The fourth-order valence-corrected chi connectivity index (χ4v) is 2.59.